The molecule has 2 aromatic heterocycles. The molecule has 3 aromatic rings. The van der Waals surface area contributed by atoms with Crippen molar-refractivity contribution in [1.82, 2.24) is 24.8 Å². The summed E-state index contributed by atoms with van der Waals surface area (Å²) in [6.45, 7) is 2.15. The van der Waals surface area contributed by atoms with E-state index in [0.29, 0.717) is 13.1 Å². The van der Waals surface area contributed by atoms with Crippen LogP contribution < -0.4 is 10.2 Å². The fraction of sp³-hybridized carbons (Fsp3) is 0.381. The fourth-order valence-electron chi connectivity index (χ4n) is 3.78. The van der Waals surface area contributed by atoms with E-state index in [1.807, 2.05) is 26.4 Å². The number of H-pyrrole nitrogens is 1. The first-order valence-corrected chi connectivity index (χ1v) is 9.81. The van der Waals surface area contributed by atoms with Crippen LogP contribution in [0.25, 0.3) is 11.3 Å². The number of aliphatic hydroxyl groups is 1. The minimum atomic E-state index is -0.320. The minimum absolute atomic E-state index is 0.248. The van der Waals surface area contributed by atoms with Gasteiger partial charge in [-0.1, -0.05) is 24.3 Å². The molecule has 1 fully saturated rings. The number of nitrogens with zero attached hydrogens (tertiary/aromatic N) is 5. The number of likely N-dealkylation sites (N-methyl/N-ethyl adjacent to an activating group) is 1. The van der Waals surface area contributed by atoms with Gasteiger partial charge < -0.3 is 25.2 Å². The van der Waals surface area contributed by atoms with Crippen molar-refractivity contribution in [2.45, 2.75) is 25.1 Å². The summed E-state index contributed by atoms with van der Waals surface area (Å²) in [4.78, 5) is 20.3. The molecule has 8 heteroatoms. The van der Waals surface area contributed by atoms with Crippen LogP contribution in [0.3, 0.4) is 0 Å². The molecule has 29 heavy (non-hydrogen) atoms. The van der Waals surface area contributed by atoms with Gasteiger partial charge in [0.1, 0.15) is 18.0 Å². The van der Waals surface area contributed by atoms with Crippen molar-refractivity contribution < 1.29 is 5.11 Å². The Bertz CT molecular complexity index is 911. The van der Waals surface area contributed by atoms with Crippen LogP contribution in [-0.2, 0) is 6.54 Å². The zero-order chi connectivity index (χ0) is 20.2. The molecule has 3 N–H and O–H groups in total. The van der Waals surface area contributed by atoms with Crippen LogP contribution in [0.4, 0.5) is 11.6 Å². The average molecular weight is 393 g/mol. The van der Waals surface area contributed by atoms with E-state index in [0.717, 1.165) is 41.4 Å². The largest absolute Gasteiger partial charge is 0.391 e. The van der Waals surface area contributed by atoms with Crippen LogP contribution in [0.1, 0.15) is 12.0 Å². The van der Waals surface area contributed by atoms with Gasteiger partial charge in [0.05, 0.1) is 24.3 Å². The Morgan fingerprint density at radius 2 is 2.07 bits per heavy atom. The molecule has 8 nitrogen and oxygen atoms in total. The Labute approximate surface area is 170 Å². The van der Waals surface area contributed by atoms with Crippen molar-refractivity contribution in [3.8, 4) is 11.3 Å². The van der Waals surface area contributed by atoms with E-state index < -0.39 is 0 Å². The van der Waals surface area contributed by atoms with Gasteiger partial charge in [0, 0.05) is 31.7 Å². The molecule has 0 unspecified atom stereocenters. The number of rotatable bonds is 7. The monoisotopic (exact) mass is 393 g/mol. The summed E-state index contributed by atoms with van der Waals surface area (Å²) >= 11 is 0. The molecule has 0 spiro atoms. The smallest absolute Gasteiger partial charge is 0.134 e. The number of hydrogen-bond donors (Lipinski definition) is 3. The molecule has 1 aromatic carbocycles. The highest BCUT2D eigenvalue weighted by Gasteiger charge is 2.32. The number of anilines is 2. The van der Waals surface area contributed by atoms with Gasteiger partial charge in [-0.25, -0.2) is 15.0 Å². The summed E-state index contributed by atoms with van der Waals surface area (Å²) in [7, 11) is 4.10. The van der Waals surface area contributed by atoms with Crippen LogP contribution in [0.5, 0.6) is 0 Å². The molecule has 0 bridgehead atoms. The number of benzene rings is 1. The Balaban J connectivity index is 1.41. The summed E-state index contributed by atoms with van der Waals surface area (Å²) in [5.74, 6) is 1.62. The van der Waals surface area contributed by atoms with Crippen molar-refractivity contribution in [2.24, 2.45) is 0 Å². The number of hydrogen-bond acceptors (Lipinski definition) is 7. The van der Waals surface area contributed by atoms with Crippen LogP contribution in [0.2, 0.25) is 0 Å². The van der Waals surface area contributed by atoms with E-state index in [9.17, 15) is 5.11 Å². The number of aromatic amines is 1. The summed E-state index contributed by atoms with van der Waals surface area (Å²) in [6, 6.07) is 10.5. The van der Waals surface area contributed by atoms with E-state index >= 15 is 0 Å². The first-order valence-electron chi connectivity index (χ1n) is 9.81. The molecule has 4 rings (SSSR count). The van der Waals surface area contributed by atoms with Crippen molar-refractivity contribution in [3.63, 3.8) is 0 Å². The van der Waals surface area contributed by atoms with E-state index in [2.05, 4.69) is 59.3 Å². The Morgan fingerprint density at radius 1 is 1.24 bits per heavy atom. The second kappa shape index (κ2) is 8.59. The Kier molecular flexibility index (Phi) is 5.73. The van der Waals surface area contributed by atoms with Crippen molar-refractivity contribution in [1.29, 1.82) is 0 Å². The number of imidazole rings is 1. The average Bonchev–Trinajstić information content (AvgIpc) is 3.37. The van der Waals surface area contributed by atoms with Gasteiger partial charge in [-0.2, -0.15) is 0 Å². The van der Waals surface area contributed by atoms with Gasteiger partial charge in [0.25, 0.3) is 0 Å². The Hall–Kier alpha value is -2.97. The maximum absolute atomic E-state index is 10.1. The van der Waals surface area contributed by atoms with Gasteiger partial charge in [-0.15, -0.1) is 0 Å². The van der Waals surface area contributed by atoms with Gasteiger partial charge >= 0.3 is 0 Å². The minimum Gasteiger partial charge on any atom is -0.391 e. The molecule has 1 saturated heterocycles. The number of aliphatic hydroxyl groups excluding tert-OH is 1. The van der Waals surface area contributed by atoms with Crippen molar-refractivity contribution >= 4 is 11.6 Å². The highest BCUT2D eigenvalue weighted by molar-refractivity contribution is 5.58. The lowest BCUT2D eigenvalue weighted by molar-refractivity contribution is 0.191. The lowest BCUT2D eigenvalue weighted by Gasteiger charge is -2.27. The molecule has 2 atom stereocenters. The molecule has 0 radical (unpaired) electrons. The van der Waals surface area contributed by atoms with Gasteiger partial charge in [0.2, 0.25) is 0 Å². The molecule has 152 valence electrons. The second-order valence-electron chi connectivity index (χ2n) is 7.74. The highest BCUT2D eigenvalue weighted by atomic mass is 16.3. The van der Waals surface area contributed by atoms with Crippen LogP contribution >= 0.6 is 0 Å². The zero-order valence-corrected chi connectivity index (χ0v) is 16.8. The van der Waals surface area contributed by atoms with Crippen LogP contribution in [-0.4, -0.2) is 69.3 Å². The topological polar surface area (TPSA) is 93.2 Å². The van der Waals surface area contributed by atoms with Gasteiger partial charge in [-0.3, -0.25) is 0 Å². The van der Waals surface area contributed by atoms with E-state index in [4.69, 9.17) is 0 Å². The van der Waals surface area contributed by atoms with Crippen molar-refractivity contribution in [3.05, 3.63) is 54.7 Å². The third kappa shape index (κ3) is 4.72. The summed E-state index contributed by atoms with van der Waals surface area (Å²) < 4.78 is 0. The number of aromatic nitrogens is 4. The molecular weight excluding hydrogens is 366 g/mol. The van der Waals surface area contributed by atoms with E-state index in [-0.39, 0.29) is 12.1 Å². The predicted molar refractivity (Wildman–Crippen MR) is 114 cm³/mol. The Morgan fingerprint density at radius 3 is 2.79 bits per heavy atom. The summed E-state index contributed by atoms with van der Waals surface area (Å²) in [5, 5.41) is 13.5. The third-order valence-corrected chi connectivity index (χ3v) is 5.15. The molecule has 0 amide bonds. The number of nitrogens with one attached hydrogen (secondary N) is 2. The maximum atomic E-state index is 10.1. The lowest BCUT2D eigenvalue weighted by atomic mass is 10.1. The van der Waals surface area contributed by atoms with Crippen molar-refractivity contribution in [2.75, 3.05) is 37.4 Å². The third-order valence-electron chi connectivity index (χ3n) is 5.15. The summed E-state index contributed by atoms with van der Waals surface area (Å²) in [6.07, 6.45) is 5.51. The first kappa shape index (κ1) is 19.4. The molecule has 0 aliphatic carbocycles. The zero-order valence-electron chi connectivity index (χ0n) is 16.8. The summed E-state index contributed by atoms with van der Waals surface area (Å²) in [5.41, 5.74) is 3.27. The van der Waals surface area contributed by atoms with Gasteiger partial charge in [0.15, 0.2) is 0 Å². The van der Waals surface area contributed by atoms with Crippen LogP contribution in [0, 0.1) is 0 Å². The van der Waals surface area contributed by atoms with Gasteiger partial charge in [-0.05, 0) is 31.6 Å². The quantitative estimate of drug-likeness (QED) is 0.565. The van der Waals surface area contributed by atoms with E-state index in [1.165, 1.54) is 0 Å². The maximum Gasteiger partial charge on any atom is 0.134 e. The molecule has 1 aliphatic heterocycles. The van der Waals surface area contributed by atoms with Crippen LogP contribution in [0.15, 0.2) is 49.2 Å². The highest BCUT2D eigenvalue weighted by Crippen LogP contribution is 2.26. The first-order chi connectivity index (χ1) is 14.1. The number of β-amino-alcohol motifs (C(OH)–C–C–N with tert-alkyl or cyclic N) is 1. The second-order valence-corrected chi connectivity index (χ2v) is 7.74. The lowest BCUT2D eigenvalue weighted by Crippen LogP contribution is -2.38. The fourth-order valence-corrected chi connectivity index (χ4v) is 3.78. The molecule has 1 aliphatic rings. The SMILES string of the molecule is CN(C)C[C@H]1C[C@@H](O)CN1c1cc(NCc2ccc(-c3cnc[nH]3)cc2)ncn1. The predicted octanol–water partition coefficient (Wildman–Crippen LogP) is 1.98. The molecular formula is C21H27N7O. The molecule has 3 heterocycles. The molecule has 0 saturated carbocycles. The normalized spacial score (nSPS) is 19.1. The standard InChI is InChI=1S/C21H27N7O/c1-27(2)11-17-7-18(29)12-28(17)21-8-20(25-14-26-21)23-9-15-3-5-16(6-4-15)19-10-22-13-24-19/h3-6,8,10,13-14,17-18,29H,7,9,11-12H2,1-2H3,(H,22,24)(H,23,25,26)/t17-,18-/m1/s1. The van der Waals surface area contributed by atoms with E-state index in [1.54, 1.807) is 12.7 Å².